The smallest absolute Gasteiger partial charge is 0.309 e. The van der Waals surface area contributed by atoms with E-state index in [1.165, 1.54) is 18.4 Å². The van der Waals surface area contributed by atoms with Gasteiger partial charge in [0.1, 0.15) is 0 Å². The van der Waals surface area contributed by atoms with Crippen LogP contribution in [0.25, 0.3) is 16.8 Å². The van der Waals surface area contributed by atoms with Crippen LogP contribution in [0.3, 0.4) is 0 Å². The van der Waals surface area contributed by atoms with Crippen molar-refractivity contribution in [3.8, 4) is 11.1 Å². The molecule has 3 aromatic carbocycles. The van der Waals surface area contributed by atoms with E-state index in [0.717, 1.165) is 16.7 Å². The lowest BCUT2D eigenvalue weighted by molar-refractivity contribution is -0.139. The van der Waals surface area contributed by atoms with Gasteiger partial charge >= 0.3 is 5.97 Å². The summed E-state index contributed by atoms with van der Waals surface area (Å²) < 4.78 is 28.6. The van der Waals surface area contributed by atoms with Gasteiger partial charge in [-0.25, -0.2) is 14.3 Å². The van der Waals surface area contributed by atoms with Crippen molar-refractivity contribution >= 4 is 38.8 Å². The molecular weight excluding hydrogens is 460 g/mol. The fourth-order valence-corrected chi connectivity index (χ4v) is 4.31. The largest absolute Gasteiger partial charge is 0.469 e. The molecule has 0 aliphatic heterocycles. The molecule has 8 heteroatoms. The highest BCUT2D eigenvalue weighted by Gasteiger charge is 2.17. The fourth-order valence-electron chi connectivity index (χ4n) is 3.41. The molecule has 0 saturated carbocycles. The predicted molar refractivity (Wildman–Crippen MR) is 132 cm³/mol. The molecule has 0 atom stereocenters. The number of sulfone groups is 1. The Balaban J connectivity index is 2.02. The summed E-state index contributed by atoms with van der Waals surface area (Å²) in [4.78, 5) is 12.0. The standard InChI is InChI=1S/C25H25ClN2O4S/c1-17-15-19(18-7-6-8-20(16-18)33(3,30)31)11-12-23(17)28(27)24(13-14-25(29)32-2)21-9-4-5-10-22(21)26/h4-13,15-16H,14,27H2,1-3H3/b24-13-. The third-order valence-electron chi connectivity index (χ3n) is 5.15. The number of hydrogen-bond acceptors (Lipinski definition) is 6. The summed E-state index contributed by atoms with van der Waals surface area (Å²) in [6.45, 7) is 1.91. The zero-order valence-electron chi connectivity index (χ0n) is 18.6. The number of hydrogen-bond donors (Lipinski definition) is 1. The van der Waals surface area contributed by atoms with Gasteiger partial charge in [0.05, 0.1) is 29.8 Å². The minimum absolute atomic E-state index is 0.0279. The van der Waals surface area contributed by atoms with Gasteiger partial charge < -0.3 is 4.74 Å². The van der Waals surface area contributed by atoms with Gasteiger partial charge in [0.2, 0.25) is 0 Å². The Bertz CT molecular complexity index is 1320. The average Bonchev–Trinajstić information content (AvgIpc) is 2.79. The molecule has 0 bridgehead atoms. The van der Waals surface area contributed by atoms with Crippen LogP contribution in [0.4, 0.5) is 5.69 Å². The van der Waals surface area contributed by atoms with Crippen LogP contribution in [0.1, 0.15) is 17.5 Å². The number of carbonyl (C=O) groups excluding carboxylic acids is 1. The van der Waals surface area contributed by atoms with E-state index in [1.54, 1.807) is 30.3 Å². The molecule has 33 heavy (non-hydrogen) atoms. The molecule has 0 fully saturated rings. The number of hydrazine groups is 1. The van der Waals surface area contributed by atoms with Crippen molar-refractivity contribution in [3.63, 3.8) is 0 Å². The molecule has 0 spiro atoms. The zero-order chi connectivity index (χ0) is 24.2. The molecule has 2 N–H and O–H groups in total. The van der Waals surface area contributed by atoms with Gasteiger partial charge in [-0.2, -0.15) is 0 Å². The van der Waals surface area contributed by atoms with Crippen LogP contribution in [0, 0.1) is 6.92 Å². The van der Waals surface area contributed by atoms with Crippen molar-refractivity contribution in [3.05, 3.63) is 89.0 Å². The quantitative estimate of drug-likeness (QED) is 0.288. The lowest BCUT2D eigenvalue weighted by Gasteiger charge is -2.25. The Kier molecular flexibility index (Phi) is 7.58. The number of carbonyl (C=O) groups is 1. The number of nitrogens with two attached hydrogens (primary N) is 1. The highest BCUT2D eigenvalue weighted by Crippen LogP contribution is 2.33. The summed E-state index contributed by atoms with van der Waals surface area (Å²) in [7, 11) is -1.99. The Morgan fingerprint density at radius 3 is 2.39 bits per heavy atom. The number of benzene rings is 3. The molecular formula is C25H25ClN2O4S. The molecule has 0 aromatic heterocycles. The Morgan fingerprint density at radius 2 is 1.76 bits per heavy atom. The van der Waals surface area contributed by atoms with Crippen LogP contribution in [0.2, 0.25) is 5.02 Å². The first-order valence-corrected chi connectivity index (χ1v) is 12.4. The maximum Gasteiger partial charge on any atom is 0.309 e. The summed E-state index contributed by atoms with van der Waals surface area (Å²) in [6.07, 6.45) is 2.89. The SMILES string of the molecule is COC(=O)C/C=C(/c1ccccc1Cl)N(N)c1ccc(-c2cccc(S(C)(=O)=O)c2)cc1C. The minimum atomic E-state index is -3.31. The summed E-state index contributed by atoms with van der Waals surface area (Å²) in [5.41, 5.74) is 4.43. The molecule has 0 amide bonds. The van der Waals surface area contributed by atoms with Gasteiger partial charge in [0.15, 0.2) is 9.84 Å². The van der Waals surface area contributed by atoms with Gasteiger partial charge in [-0.1, -0.05) is 48.0 Å². The second kappa shape index (κ2) is 10.2. The predicted octanol–water partition coefficient (Wildman–Crippen LogP) is 5.00. The van der Waals surface area contributed by atoms with E-state index >= 15 is 0 Å². The molecule has 0 radical (unpaired) electrons. The fraction of sp³-hybridized carbons (Fsp3) is 0.160. The monoisotopic (exact) mass is 484 g/mol. The average molecular weight is 485 g/mol. The van der Waals surface area contributed by atoms with Crippen molar-refractivity contribution < 1.29 is 17.9 Å². The van der Waals surface area contributed by atoms with Crippen molar-refractivity contribution in [2.45, 2.75) is 18.2 Å². The molecule has 3 rings (SSSR count). The van der Waals surface area contributed by atoms with Crippen LogP contribution >= 0.6 is 11.6 Å². The third kappa shape index (κ3) is 5.82. The highest BCUT2D eigenvalue weighted by atomic mass is 35.5. The number of rotatable bonds is 7. The van der Waals surface area contributed by atoms with Crippen LogP contribution < -0.4 is 10.9 Å². The molecule has 3 aromatic rings. The zero-order valence-corrected chi connectivity index (χ0v) is 20.2. The molecule has 0 heterocycles. The van der Waals surface area contributed by atoms with E-state index in [-0.39, 0.29) is 11.3 Å². The van der Waals surface area contributed by atoms with Gasteiger partial charge in [-0.05, 0) is 60.0 Å². The maximum atomic E-state index is 11.9. The van der Waals surface area contributed by atoms with Crippen LogP contribution in [-0.2, 0) is 19.4 Å². The van der Waals surface area contributed by atoms with E-state index in [2.05, 4.69) is 0 Å². The van der Waals surface area contributed by atoms with Gasteiger partial charge in [0, 0.05) is 16.8 Å². The topological polar surface area (TPSA) is 89.7 Å². The first kappa shape index (κ1) is 24.5. The van der Waals surface area contributed by atoms with Gasteiger partial charge in [-0.15, -0.1) is 0 Å². The molecule has 172 valence electrons. The number of nitrogens with zero attached hydrogens (tertiary/aromatic N) is 1. The van der Waals surface area contributed by atoms with E-state index < -0.39 is 15.8 Å². The van der Waals surface area contributed by atoms with Crippen molar-refractivity contribution in [1.82, 2.24) is 0 Å². The Labute approximate surface area is 199 Å². The maximum absolute atomic E-state index is 11.9. The van der Waals surface area contributed by atoms with E-state index in [9.17, 15) is 13.2 Å². The molecule has 6 nitrogen and oxygen atoms in total. The van der Waals surface area contributed by atoms with Gasteiger partial charge in [0.25, 0.3) is 0 Å². The summed E-state index contributed by atoms with van der Waals surface area (Å²) >= 11 is 6.41. The third-order valence-corrected chi connectivity index (χ3v) is 6.59. The molecule has 0 saturated heterocycles. The first-order valence-electron chi connectivity index (χ1n) is 10.1. The van der Waals surface area contributed by atoms with Crippen LogP contribution in [-0.4, -0.2) is 27.8 Å². The summed E-state index contributed by atoms with van der Waals surface area (Å²) in [5, 5.41) is 1.98. The van der Waals surface area contributed by atoms with Crippen molar-refractivity contribution in [2.24, 2.45) is 5.84 Å². The number of anilines is 1. The van der Waals surface area contributed by atoms with Crippen molar-refractivity contribution in [2.75, 3.05) is 18.4 Å². The Morgan fingerprint density at radius 1 is 1.06 bits per heavy atom. The Hall–Kier alpha value is -3.13. The van der Waals surface area contributed by atoms with E-state index in [0.29, 0.717) is 22.0 Å². The number of methoxy groups -OCH3 is 1. The highest BCUT2D eigenvalue weighted by molar-refractivity contribution is 7.90. The number of ether oxygens (including phenoxy) is 1. The number of halogens is 1. The minimum Gasteiger partial charge on any atom is -0.469 e. The van der Waals surface area contributed by atoms with Gasteiger partial charge in [-0.3, -0.25) is 9.80 Å². The van der Waals surface area contributed by atoms with Crippen LogP contribution in [0.5, 0.6) is 0 Å². The molecule has 0 aliphatic rings. The first-order chi connectivity index (χ1) is 15.6. The molecule has 0 unspecified atom stereocenters. The lowest BCUT2D eigenvalue weighted by atomic mass is 10.0. The second-order valence-corrected chi connectivity index (χ2v) is 9.94. The lowest BCUT2D eigenvalue weighted by Crippen LogP contribution is -2.30. The van der Waals surface area contributed by atoms with E-state index in [1.807, 2.05) is 49.4 Å². The van der Waals surface area contributed by atoms with E-state index in [4.69, 9.17) is 22.2 Å². The second-order valence-electron chi connectivity index (χ2n) is 7.52. The molecule has 0 aliphatic carbocycles. The normalized spacial score (nSPS) is 11.8. The number of aryl methyl sites for hydroxylation is 1. The van der Waals surface area contributed by atoms with Crippen LogP contribution in [0.15, 0.2) is 77.7 Å². The number of esters is 1. The van der Waals surface area contributed by atoms with Crippen molar-refractivity contribution in [1.29, 1.82) is 0 Å². The summed E-state index contributed by atoms with van der Waals surface area (Å²) in [6, 6.07) is 19.7. The summed E-state index contributed by atoms with van der Waals surface area (Å²) in [5.74, 6) is 6.12.